The molecule has 6 nitrogen and oxygen atoms in total. The third-order valence-electron chi connectivity index (χ3n) is 4.46. The van der Waals surface area contributed by atoms with Gasteiger partial charge in [-0.15, -0.1) is 0 Å². The van der Waals surface area contributed by atoms with Gasteiger partial charge in [-0.25, -0.2) is 4.79 Å². The summed E-state index contributed by atoms with van der Waals surface area (Å²) in [5.41, 5.74) is 8.90. The fraction of sp³-hybridized carbons (Fsp3) is 0.300. The smallest absolute Gasteiger partial charge is 0.410 e. The molecule has 1 atom stereocenters. The second kappa shape index (κ2) is 7.91. The van der Waals surface area contributed by atoms with E-state index >= 15 is 0 Å². The summed E-state index contributed by atoms with van der Waals surface area (Å²) in [7, 11) is 0. The molecule has 3 rings (SSSR count). The second-order valence-electron chi connectivity index (χ2n) is 6.47. The molecule has 6 heteroatoms. The third kappa shape index (κ3) is 4.14. The Bertz CT molecular complexity index is 792. The van der Waals surface area contributed by atoms with E-state index in [0.29, 0.717) is 24.3 Å². The summed E-state index contributed by atoms with van der Waals surface area (Å²) >= 11 is 0. The minimum Gasteiger partial charge on any atom is -0.445 e. The van der Waals surface area contributed by atoms with Crippen LogP contribution in [0.3, 0.4) is 0 Å². The van der Waals surface area contributed by atoms with Gasteiger partial charge in [0.05, 0.1) is 11.4 Å². The Balaban J connectivity index is 1.62. The topological polar surface area (TPSA) is 84.7 Å². The number of rotatable bonds is 4. The number of anilines is 2. The highest BCUT2D eigenvalue weighted by Gasteiger charge is 2.35. The van der Waals surface area contributed by atoms with Crippen molar-refractivity contribution in [3.63, 3.8) is 0 Å². The molecule has 2 amide bonds. The molecule has 0 aliphatic carbocycles. The molecule has 2 aromatic rings. The van der Waals surface area contributed by atoms with Crippen molar-refractivity contribution in [2.45, 2.75) is 32.4 Å². The van der Waals surface area contributed by atoms with Crippen molar-refractivity contribution in [3.05, 3.63) is 59.7 Å². The molecule has 2 aromatic carbocycles. The predicted molar refractivity (Wildman–Crippen MR) is 101 cm³/mol. The van der Waals surface area contributed by atoms with Crippen molar-refractivity contribution in [2.75, 3.05) is 17.6 Å². The molecule has 0 radical (unpaired) electrons. The summed E-state index contributed by atoms with van der Waals surface area (Å²) in [4.78, 5) is 26.5. The van der Waals surface area contributed by atoms with Gasteiger partial charge in [0.25, 0.3) is 0 Å². The number of nitrogen functional groups attached to an aromatic ring is 1. The Kier molecular flexibility index (Phi) is 5.41. The lowest BCUT2D eigenvalue weighted by molar-refractivity contribution is -0.120. The maximum Gasteiger partial charge on any atom is 0.410 e. The Labute approximate surface area is 152 Å². The lowest BCUT2D eigenvalue weighted by Crippen LogP contribution is -2.43. The molecule has 1 fully saturated rings. The van der Waals surface area contributed by atoms with Gasteiger partial charge in [-0.1, -0.05) is 36.4 Å². The number of carbonyl (C=O) groups is 2. The Hall–Kier alpha value is -3.02. The van der Waals surface area contributed by atoms with E-state index in [1.807, 2.05) is 49.4 Å². The molecule has 1 saturated heterocycles. The van der Waals surface area contributed by atoms with Gasteiger partial charge in [-0.05, 0) is 43.0 Å². The van der Waals surface area contributed by atoms with Gasteiger partial charge < -0.3 is 15.8 Å². The van der Waals surface area contributed by atoms with Crippen LogP contribution in [0.5, 0.6) is 0 Å². The molecular weight excluding hydrogens is 330 g/mol. The maximum absolute atomic E-state index is 12.7. The molecule has 1 heterocycles. The van der Waals surface area contributed by atoms with Crippen LogP contribution in [0, 0.1) is 6.92 Å². The van der Waals surface area contributed by atoms with Crippen molar-refractivity contribution in [2.24, 2.45) is 0 Å². The van der Waals surface area contributed by atoms with Crippen molar-refractivity contribution < 1.29 is 14.3 Å². The third-order valence-corrected chi connectivity index (χ3v) is 4.46. The fourth-order valence-electron chi connectivity index (χ4n) is 3.05. The number of nitrogens with one attached hydrogen (secondary N) is 1. The summed E-state index contributed by atoms with van der Waals surface area (Å²) in [5.74, 6) is -0.239. The number of benzene rings is 2. The molecule has 1 aliphatic rings. The van der Waals surface area contributed by atoms with Gasteiger partial charge in [0.1, 0.15) is 12.6 Å². The van der Waals surface area contributed by atoms with Crippen LogP contribution in [0.4, 0.5) is 16.2 Å². The van der Waals surface area contributed by atoms with E-state index in [2.05, 4.69) is 5.32 Å². The minimum atomic E-state index is -0.543. The van der Waals surface area contributed by atoms with Crippen LogP contribution in [0.15, 0.2) is 48.5 Å². The van der Waals surface area contributed by atoms with Crippen molar-refractivity contribution >= 4 is 23.4 Å². The van der Waals surface area contributed by atoms with Crippen molar-refractivity contribution in [1.29, 1.82) is 0 Å². The number of amides is 2. The standard InChI is InChI=1S/C20H23N3O3/c1-14-9-10-16(21)17(12-14)22-19(24)18-8-5-11-23(18)20(25)26-13-15-6-3-2-4-7-15/h2-4,6-7,9-10,12,18H,5,8,11,13,21H2,1H3,(H,22,24). The highest BCUT2D eigenvalue weighted by atomic mass is 16.6. The summed E-state index contributed by atoms with van der Waals surface area (Å²) in [6, 6.07) is 14.4. The molecule has 136 valence electrons. The number of carbonyl (C=O) groups excluding carboxylic acids is 2. The van der Waals surface area contributed by atoms with Crippen LogP contribution in [0.2, 0.25) is 0 Å². The predicted octanol–water partition coefficient (Wildman–Crippen LogP) is 3.32. The molecule has 0 spiro atoms. The first kappa shape index (κ1) is 17.8. The van der Waals surface area contributed by atoms with Crippen LogP contribution in [0.25, 0.3) is 0 Å². The zero-order valence-electron chi connectivity index (χ0n) is 14.8. The molecule has 0 bridgehead atoms. The molecule has 0 saturated carbocycles. The van der Waals surface area contributed by atoms with E-state index < -0.39 is 12.1 Å². The highest BCUT2D eigenvalue weighted by Crippen LogP contribution is 2.24. The Morgan fingerprint density at radius 1 is 1.23 bits per heavy atom. The summed E-state index contributed by atoms with van der Waals surface area (Å²) in [5, 5.41) is 2.84. The first-order valence-electron chi connectivity index (χ1n) is 8.69. The number of hydrogen-bond donors (Lipinski definition) is 2. The molecule has 1 aliphatic heterocycles. The number of ether oxygens (including phenoxy) is 1. The van der Waals surface area contributed by atoms with E-state index in [9.17, 15) is 9.59 Å². The normalized spacial score (nSPS) is 16.3. The maximum atomic E-state index is 12.7. The molecule has 1 unspecified atom stereocenters. The van der Waals surface area contributed by atoms with Crippen molar-refractivity contribution in [1.82, 2.24) is 4.90 Å². The molecule has 3 N–H and O–H groups in total. The Morgan fingerprint density at radius 3 is 2.77 bits per heavy atom. The van der Waals surface area contributed by atoms with E-state index in [1.165, 1.54) is 4.90 Å². The monoisotopic (exact) mass is 353 g/mol. The quantitative estimate of drug-likeness (QED) is 0.826. The minimum absolute atomic E-state index is 0.190. The largest absolute Gasteiger partial charge is 0.445 e. The average molecular weight is 353 g/mol. The van der Waals surface area contributed by atoms with Gasteiger partial charge >= 0.3 is 6.09 Å². The van der Waals surface area contributed by atoms with Crippen LogP contribution in [-0.2, 0) is 16.1 Å². The zero-order chi connectivity index (χ0) is 18.5. The van der Waals surface area contributed by atoms with Crippen LogP contribution in [-0.4, -0.2) is 29.5 Å². The van der Waals surface area contributed by atoms with Gasteiger partial charge in [0.15, 0.2) is 0 Å². The SMILES string of the molecule is Cc1ccc(N)c(NC(=O)C2CCCN2C(=O)OCc2ccccc2)c1. The first-order chi connectivity index (χ1) is 12.5. The molecule has 26 heavy (non-hydrogen) atoms. The van der Waals surface area contributed by atoms with Gasteiger partial charge in [0, 0.05) is 6.54 Å². The van der Waals surface area contributed by atoms with Gasteiger partial charge in [-0.2, -0.15) is 0 Å². The van der Waals surface area contributed by atoms with E-state index in [1.54, 1.807) is 6.07 Å². The number of likely N-dealkylation sites (tertiary alicyclic amines) is 1. The van der Waals surface area contributed by atoms with Gasteiger partial charge in [0.2, 0.25) is 5.91 Å². The van der Waals surface area contributed by atoms with Crippen LogP contribution >= 0.6 is 0 Å². The molecular formula is C20H23N3O3. The zero-order valence-corrected chi connectivity index (χ0v) is 14.8. The first-order valence-corrected chi connectivity index (χ1v) is 8.69. The lowest BCUT2D eigenvalue weighted by Gasteiger charge is -2.23. The number of nitrogens with two attached hydrogens (primary N) is 1. The van der Waals surface area contributed by atoms with Crippen LogP contribution in [0.1, 0.15) is 24.0 Å². The summed E-state index contributed by atoms with van der Waals surface area (Å²) in [6.07, 6.45) is 0.906. The molecule has 0 aromatic heterocycles. The van der Waals surface area contributed by atoms with Crippen molar-refractivity contribution in [3.8, 4) is 0 Å². The summed E-state index contributed by atoms with van der Waals surface area (Å²) < 4.78 is 5.37. The van der Waals surface area contributed by atoms with Gasteiger partial charge in [-0.3, -0.25) is 9.69 Å². The number of hydrogen-bond acceptors (Lipinski definition) is 4. The summed E-state index contributed by atoms with van der Waals surface area (Å²) in [6.45, 7) is 2.63. The van der Waals surface area contributed by atoms with E-state index in [0.717, 1.165) is 17.5 Å². The lowest BCUT2D eigenvalue weighted by atomic mass is 10.1. The average Bonchev–Trinajstić information content (AvgIpc) is 3.13. The van der Waals surface area contributed by atoms with Crippen LogP contribution < -0.4 is 11.1 Å². The van der Waals surface area contributed by atoms with E-state index in [4.69, 9.17) is 10.5 Å². The van der Waals surface area contributed by atoms with E-state index in [-0.39, 0.29) is 12.5 Å². The number of nitrogens with zero attached hydrogens (tertiary/aromatic N) is 1. The number of aryl methyl sites for hydroxylation is 1. The highest BCUT2D eigenvalue weighted by molar-refractivity contribution is 5.99. The fourth-order valence-corrected chi connectivity index (χ4v) is 3.05. The second-order valence-corrected chi connectivity index (χ2v) is 6.47. The Morgan fingerprint density at radius 2 is 2.00 bits per heavy atom.